The van der Waals surface area contributed by atoms with Gasteiger partial charge in [-0.1, -0.05) is 12.1 Å². The molecule has 2 rings (SSSR count). The van der Waals surface area contributed by atoms with Crippen LogP contribution in [0.2, 0.25) is 0 Å². The summed E-state index contributed by atoms with van der Waals surface area (Å²) in [5.74, 6) is -0.910. The summed E-state index contributed by atoms with van der Waals surface area (Å²) in [6.07, 6.45) is 0. The predicted octanol–water partition coefficient (Wildman–Crippen LogP) is 0.592. The van der Waals surface area contributed by atoms with Crippen LogP contribution in [0.1, 0.15) is 10.4 Å². The van der Waals surface area contributed by atoms with Crippen molar-refractivity contribution < 1.29 is 19.0 Å². The van der Waals surface area contributed by atoms with Gasteiger partial charge in [-0.05, 0) is 12.1 Å². The summed E-state index contributed by atoms with van der Waals surface area (Å²) < 4.78 is 19.0. The fourth-order valence-corrected chi connectivity index (χ4v) is 2.33. The topological polar surface area (TPSA) is 53.0 Å². The summed E-state index contributed by atoms with van der Waals surface area (Å²) in [5.41, 5.74) is 0.0490. The van der Waals surface area contributed by atoms with E-state index >= 15 is 0 Å². The molecule has 1 aromatic rings. The predicted molar refractivity (Wildman–Crippen MR) is 76.6 cm³/mol. The van der Waals surface area contributed by atoms with Gasteiger partial charge in [-0.2, -0.15) is 0 Å². The molecule has 1 aliphatic heterocycles. The maximum atomic E-state index is 13.7. The first-order chi connectivity index (χ1) is 10.2. The van der Waals surface area contributed by atoms with Gasteiger partial charge in [-0.15, -0.1) is 0 Å². The van der Waals surface area contributed by atoms with E-state index in [1.807, 2.05) is 0 Å². The molecule has 5 nitrogen and oxygen atoms in total. The van der Waals surface area contributed by atoms with Gasteiger partial charge in [0.25, 0.3) is 5.91 Å². The first-order valence-electron chi connectivity index (χ1n) is 7.17. The third kappa shape index (κ3) is 4.49. The molecule has 1 aliphatic rings. The molecule has 21 heavy (non-hydrogen) atoms. The molecule has 0 unspecified atom stereocenters. The van der Waals surface area contributed by atoms with E-state index in [0.717, 1.165) is 13.1 Å². The van der Waals surface area contributed by atoms with Gasteiger partial charge in [0.2, 0.25) is 0 Å². The Balaban J connectivity index is 1.97. The molecular formula is C15H21FN2O3. The van der Waals surface area contributed by atoms with E-state index in [4.69, 9.17) is 9.84 Å². The second-order valence-corrected chi connectivity index (χ2v) is 4.95. The second-order valence-electron chi connectivity index (χ2n) is 4.95. The van der Waals surface area contributed by atoms with Crippen LogP contribution in [-0.4, -0.2) is 73.4 Å². The fraction of sp³-hybridized carbons (Fsp3) is 0.533. The molecule has 1 N–H and O–H groups in total. The van der Waals surface area contributed by atoms with Crippen LogP contribution < -0.4 is 0 Å². The third-order valence-electron chi connectivity index (χ3n) is 3.55. The van der Waals surface area contributed by atoms with Crippen LogP contribution in [0.4, 0.5) is 4.39 Å². The minimum absolute atomic E-state index is 0.0490. The van der Waals surface area contributed by atoms with E-state index in [1.165, 1.54) is 17.0 Å². The maximum Gasteiger partial charge on any atom is 0.256 e. The number of aliphatic hydroxyl groups is 1. The molecule has 1 amide bonds. The Morgan fingerprint density at radius 3 is 2.67 bits per heavy atom. The third-order valence-corrected chi connectivity index (χ3v) is 3.55. The van der Waals surface area contributed by atoms with Crippen LogP contribution >= 0.6 is 0 Å². The molecule has 116 valence electrons. The van der Waals surface area contributed by atoms with Gasteiger partial charge in [-0.3, -0.25) is 9.69 Å². The number of morpholine rings is 1. The lowest BCUT2D eigenvalue weighted by atomic mass is 10.2. The van der Waals surface area contributed by atoms with Crippen LogP contribution in [-0.2, 0) is 4.74 Å². The van der Waals surface area contributed by atoms with Crippen molar-refractivity contribution in [3.05, 3.63) is 35.6 Å². The second kappa shape index (κ2) is 8.07. The Kier molecular flexibility index (Phi) is 6.10. The van der Waals surface area contributed by atoms with Crippen LogP contribution in [0.3, 0.4) is 0 Å². The number of carbonyl (C=O) groups is 1. The molecule has 6 heteroatoms. The van der Waals surface area contributed by atoms with Gasteiger partial charge >= 0.3 is 0 Å². The number of ether oxygens (including phenoxy) is 1. The number of halogens is 1. The first-order valence-corrected chi connectivity index (χ1v) is 7.17. The van der Waals surface area contributed by atoms with Crippen molar-refractivity contribution in [3.8, 4) is 0 Å². The van der Waals surface area contributed by atoms with Crippen LogP contribution in [0.5, 0.6) is 0 Å². The van der Waals surface area contributed by atoms with E-state index in [9.17, 15) is 9.18 Å². The maximum absolute atomic E-state index is 13.7. The van der Waals surface area contributed by atoms with Crippen molar-refractivity contribution >= 4 is 5.91 Å². The average Bonchev–Trinajstić information content (AvgIpc) is 2.52. The first kappa shape index (κ1) is 15.9. The minimum Gasteiger partial charge on any atom is -0.395 e. The van der Waals surface area contributed by atoms with Gasteiger partial charge in [0.15, 0.2) is 0 Å². The summed E-state index contributed by atoms with van der Waals surface area (Å²) in [5, 5.41) is 9.12. The van der Waals surface area contributed by atoms with Gasteiger partial charge in [0.05, 0.1) is 25.4 Å². The molecule has 1 fully saturated rings. The monoisotopic (exact) mass is 296 g/mol. The van der Waals surface area contributed by atoms with Crippen molar-refractivity contribution in [2.24, 2.45) is 0 Å². The molecule has 1 saturated heterocycles. The van der Waals surface area contributed by atoms with Crippen LogP contribution in [0, 0.1) is 5.82 Å². The van der Waals surface area contributed by atoms with Gasteiger partial charge in [0.1, 0.15) is 5.82 Å². The van der Waals surface area contributed by atoms with Crippen LogP contribution in [0.25, 0.3) is 0 Å². The van der Waals surface area contributed by atoms with Gasteiger partial charge < -0.3 is 14.7 Å². The number of nitrogens with zero attached hydrogens (tertiary/aromatic N) is 2. The highest BCUT2D eigenvalue weighted by atomic mass is 19.1. The van der Waals surface area contributed by atoms with Gasteiger partial charge in [0, 0.05) is 32.7 Å². The molecule has 0 spiro atoms. The SMILES string of the molecule is O=C(c1ccccc1F)N(CCO)CCN1CCOCC1. The summed E-state index contributed by atoms with van der Waals surface area (Å²) in [6.45, 7) is 4.29. The van der Waals surface area contributed by atoms with Crippen molar-refractivity contribution in [3.63, 3.8) is 0 Å². The van der Waals surface area contributed by atoms with Crippen molar-refractivity contribution in [1.29, 1.82) is 0 Å². The Bertz CT molecular complexity index is 464. The summed E-state index contributed by atoms with van der Waals surface area (Å²) in [4.78, 5) is 16.1. The van der Waals surface area contributed by atoms with Crippen molar-refractivity contribution in [2.45, 2.75) is 0 Å². The lowest BCUT2D eigenvalue weighted by molar-refractivity contribution is 0.0315. The molecule has 0 bridgehead atoms. The zero-order valence-electron chi connectivity index (χ0n) is 12.0. The summed E-state index contributed by atoms with van der Waals surface area (Å²) >= 11 is 0. The number of benzene rings is 1. The quantitative estimate of drug-likeness (QED) is 0.835. The molecule has 0 aromatic heterocycles. The molecule has 0 radical (unpaired) electrons. The highest BCUT2D eigenvalue weighted by Crippen LogP contribution is 2.10. The fourth-order valence-electron chi connectivity index (χ4n) is 2.33. The Hall–Kier alpha value is -1.50. The Labute approximate surface area is 123 Å². The number of hydrogen-bond acceptors (Lipinski definition) is 4. The number of hydrogen-bond donors (Lipinski definition) is 1. The van der Waals surface area contributed by atoms with Crippen molar-refractivity contribution in [1.82, 2.24) is 9.80 Å². The molecule has 0 saturated carbocycles. The molecule has 1 heterocycles. The zero-order valence-corrected chi connectivity index (χ0v) is 12.0. The lowest BCUT2D eigenvalue weighted by Crippen LogP contribution is -2.44. The Morgan fingerprint density at radius 2 is 2.00 bits per heavy atom. The van der Waals surface area contributed by atoms with E-state index < -0.39 is 5.82 Å². The van der Waals surface area contributed by atoms with Gasteiger partial charge in [-0.25, -0.2) is 4.39 Å². The van der Waals surface area contributed by atoms with E-state index in [-0.39, 0.29) is 24.6 Å². The highest BCUT2D eigenvalue weighted by molar-refractivity contribution is 5.94. The smallest absolute Gasteiger partial charge is 0.256 e. The standard InChI is InChI=1S/C15H21FN2O3/c16-14-4-2-1-3-13(14)15(20)18(7-10-19)6-5-17-8-11-21-12-9-17/h1-4,19H,5-12H2. The number of rotatable bonds is 6. The molecule has 0 atom stereocenters. The molecular weight excluding hydrogens is 275 g/mol. The zero-order chi connectivity index (χ0) is 15.1. The largest absolute Gasteiger partial charge is 0.395 e. The van der Waals surface area contributed by atoms with Crippen molar-refractivity contribution in [2.75, 3.05) is 52.5 Å². The Morgan fingerprint density at radius 1 is 1.29 bits per heavy atom. The summed E-state index contributed by atoms with van der Waals surface area (Å²) in [6, 6.07) is 5.93. The lowest BCUT2D eigenvalue weighted by Gasteiger charge is -2.30. The van der Waals surface area contributed by atoms with E-state index in [2.05, 4.69) is 4.90 Å². The molecule has 0 aliphatic carbocycles. The summed E-state index contributed by atoms with van der Waals surface area (Å²) in [7, 11) is 0. The minimum atomic E-state index is -0.531. The van der Waals surface area contributed by atoms with E-state index in [0.29, 0.717) is 26.3 Å². The van der Waals surface area contributed by atoms with Crippen LogP contribution in [0.15, 0.2) is 24.3 Å². The normalized spacial score (nSPS) is 15.9. The number of carbonyl (C=O) groups excluding carboxylic acids is 1. The number of aliphatic hydroxyl groups excluding tert-OH is 1. The highest BCUT2D eigenvalue weighted by Gasteiger charge is 2.20. The molecule has 1 aromatic carbocycles. The number of amides is 1. The average molecular weight is 296 g/mol. The van der Waals surface area contributed by atoms with E-state index in [1.54, 1.807) is 12.1 Å².